The normalized spacial score (nSPS) is 11.0. The molecule has 4 rings (SSSR count). The molecule has 0 atom stereocenters. The molecule has 1 heterocycles. The van der Waals surface area contributed by atoms with E-state index in [9.17, 15) is 22.4 Å². The van der Waals surface area contributed by atoms with E-state index in [2.05, 4.69) is 36.9 Å². The van der Waals surface area contributed by atoms with Crippen molar-refractivity contribution < 1.29 is 22.4 Å². The first-order valence-corrected chi connectivity index (χ1v) is 13.0. The summed E-state index contributed by atoms with van der Waals surface area (Å²) in [5.41, 5.74) is 1.36. The van der Waals surface area contributed by atoms with Crippen LogP contribution < -0.4 is 21.1 Å². The number of urea groups is 1. The van der Waals surface area contributed by atoms with E-state index in [0.717, 1.165) is 16.6 Å². The molecular formula is C25H19BrFN5O4S. The van der Waals surface area contributed by atoms with Crippen LogP contribution in [0.4, 0.5) is 26.4 Å². The summed E-state index contributed by atoms with van der Waals surface area (Å²) in [6.45, 7) is 0. The van der Waals surface area contributed by atoms with Gasteiger partial charge in [-0.15, -0.1) is 0 Å². The van der Waals surface area contributed by atoms with Gasteiger partial charge in [-0.05, 0) is 70.0 Å². The highest BCUT2D eigenvalue weighted by Crippen LogP contribution is 2.28. The summed E-state index contributed by atoms with van der Waals surface area (Å²) in [6, 6.07) is 18.6. The Hall–Kier alpha value is -4.13. The van der Waals surface area contributed by atoms with Crippen LogP contribution in [0.2, 0.25) is 0 Å². The van der Waals surface area contributed by atoms with Crippen LogP contribution in [-0.2, 0) is 10.0 Å². The fourth-order valence-electron chi connectivity index (χ4n) is 3.42. The number of sulfonamides is 1. The number of amides is 3. The second kappa shape index (κ2) is 10.9. The van der Waals surface area contributed by atoms with E-state index in [1.54, 1.807) is 54.6 Å². The SMILES string of the molecule is NS(=O)(=O)c1ccccc1-c1ccc(NC(=O)Nc2ccc(F)cc2C(=O)Nc2ccc(Br)cn2)cc1. The van der Waals surface area contributed by atoms with Gasteiger partial charge in [0, 0.05) is 21.9 Å². The van der Waals surface area contributed by atoms with Gasteiger partial charge >= 0.3 is 6.03 Å². The average molecular weight is 584 g/mol. The fraction of sp³-hybridized carbons (Fsp3) is 0. The number of aromatic nitrogens is 1. The Bertz CT molecular complexity index is 1580. The monoisotopic (exact) mass is 583 g/mol. The van der Waals surface area contributed by atoms with Gasteiger partial charge in [0.2, 0.25) is 10.0 Å². The Balaban J connectivity index is 1.48. The molecule has 5 N–H and O–H groups in total. The Morgan fingerprint density at radius 1 is 0.892 bits per heavy atom. The third kappa shape index (κ3) is 6.55. The van der Waals surface area contributed by atoms with Crippen molar-refractivity contribution in [1.29, 1.82) is 0 Å². The second-order valence-corrected chi connectivity index (χ2v) is 10.1. The van der Waals surface area contributed by atoms with Crippen LogP contribution in [0.3, 0.4) is 0 Å². The smallest absolute Gasteiger partial charge is 0.308 e. The molecule has 0 fully saturated rings. The molecule has 3 aromatic carbocycles. The predicted molar refractivity (Wildman–Crippen MR) is 142 cm³/mol. The van der Waals surface area contributed by atoms with Gasteiger partial charge in [-0.1, -0.05) is 30.3 Å². The number of nitrogens with zero attached hydrogens (tertiary/aromatic N) is 1. The molecule has 0 unspecified atom stereocenters. The van der Waals surface area contributed by atoms with E-state index in [-0.39, 0.29) is 22.0 Å². The number of hydrogen-bond acceptors (Lipinski definition) is 5. The molecular weight excluding hydrogens is 565 g/mol. The molecule has 188 valence electrons. The van der Waals surface area contributed by atoms with Gasteiger partial charge in [0.25, 0.3) is 5.91 Å². The van der Waals surface area contributed by atoms with Crippen molar-refractivity contribution in [2.75, 3.05) is 16.0 Å². The zero-order chi connectivity index (χ0) is 26.6. The molecule has 0 radical (unpaired) electrons. The number of nitrogens with one attached hydrogen (secondary N) is 3. The zero-order valence-electron chi connectivity index (χ0n) is 18.9. The molecule has 0 aliphatic rings. The number of carbonyl (C=O) groups is 2. The van der Waals surface area contributed by atoms with Crippen molar-refractivity contribution in [2.45, 2.75) is 4.90 Å². The number of rotatable bonds is 6. The van der Waals surface area contributed by atoms with E-state index < -0.39 is 27.8 Å². The van der Waals surface area contributed by atoms with Crippen molar-refractivity contribution in [3.63, 3.8) is 0 Å². The zero-order valence-corrected chi connectivity index (χ0v) is 21.3. The minimum absolute atomic E-state index is 0.0195. The Kier molecular flexibility index (Phi) is 7.62. The molecule has 4 aromatic rings. The van der Waals surface area contributed by atoms with Gasteiger partial charge in [0.15, 0.2) is 0 Å². The summed E-state index contributed by atoms with van der Waals surface area (Å²) in [5, 5.41) is 13.0. The van der Waals surface area contributed by atoms with Crippen LogP contribution in [0, 0.1) is 5.82 Å². The van der Waals surface area contributed by atoms with Crippen molar-refractivity contribution in [3.8, 4) is 11.1 Å². The Labute approximate surface area is 220 Å². The molecule has 0 saturated carbocycles. The topological polar surface area (TPSA) is 143 Å². The number of hydrogen-bond donors (Lipinski definition) is 4. The number of halogens is 2. The minimum atomic E-state index is -3.93. The van der Waals surface area contributed by atoms with Gasteiger partial charge in [-0.2, -0.15) is 0 Å². The summed E-state index contributed by atoms with van der Waals surface area (Å²) in [7, 11) is -3.93. The van der Waals surface area contributed by atoms with Crippen LogP contribution in [-0.4, -0.2) is 25.3 Å². The van der Waals surface area contributed by atoms with Crippen molar-refractivity contribution in [3.05, 3.63) is 101 Å². The van der Waals surface area contributed by atoms with Crippen LogP contribution in [0.15, 0.2) is 94.4 Å². The standard InChI is InChI=1S/C25H19BrFN5O4S/c26-16-7-12-23(29-14-16)32-24(33)20-13-17(27)8-11-21(20)31-25(34)30-18-9-5-15(6-10-18)19-3-1-2-4-22(19)37(28,35)36/h1-14H,(H2,28,35,36)(H,29,32,33)(H2,30,31,34). The number of nitrogens with two attached hydrogens (primary N) is 1. The van der Waals surface area contributed by atoms with E-state index >= 15 is 0 Å². The first-order valence-electron chi connectivity index (χ1n) is 10.6. The highest BCUT2D eigenvalue weighted by Gasteiger charge is 2.17. The van der Waals surface area contributed by atoms with Gasteiger partial charge < -0.3 is 16.0 Å². The van der Waals surface area contributed by atoms with Crippen LogP contribution in [0.1, 0.15) is 10.4 Å². The Morgan fingerprint density at radius 3 is 2.30 bits per heavy atom. The Morgan fingerprint density at radius 2 is 1.62 bits per heavy atom. The number of anilines is 3. The lowest BCUT2D eigenvalue weighted by Gasteiger charge is -2.13. The highest BCUT2D eigenvalue weighted by molar-refractivity contribution is 9.10. The van der Waals surface area contributed by atoms with Gasteiger partial charge in [-0.3, -0.25) is 4.79 Å². The average Bonchev–Trinajstić information content (AvgIpc) is 2.86. The lowest BCUT2D eigenvalue weighted by molar-refractivity contribution is 0.102. The van der Waals surface area contributed by atoms with E-state index in [1.807, 2.05) is 0 Å². The maximum atomic E-state index is 13.9. The summed E-state index contributed by atoms with van der Waals surface area (Å²) >= 11 is 3.25. The van der Waals surface area contributed by atoms with Gasteiger partial charge in [0.1, 0.15) is 11.6 Å². The molecule has 3 amide bonds. The van der Waals surface area contributed by atoms with Crippen LogP contribution in [0.25, 0.3) is 11.1 Å². The second-order valence-electron chi connectivity index (χ2n) is 7.70. The fourth-order valence-corrected chi connectivity index (χ4v) is 4.41. The molecule has 0 bridgehead atoms. The van der Waals surface area contributed by atoms with Gasteiger partial charge in [-0.25, -0.2) is 27.7 Å². The summed E-state index contributed by atoms with van der Waals surface area (Å²) in [6.07, 6.45) is 1.49. The highest BCUT2D eigenvalue weighted by atomic mass is 79.9. The van der Waals surface area contributed by atoms with Crippen LogP contribution in [0.5, 0.6) is 0 Å². The maximum Gasteiger partial charge on any atom is 0.323 e. The third-order valence-corrected chi connectivity index (χ3v) is 6.53. The largest absolute Gasteiger partial charge is 0.323 e. The molecule has 0 spiro atoms. The van der Waals surface area contributed by atoms with E-state index in [4.69, 9.17) is 5.14 Å². The van der Waals surface area contributed by atoms with Crippen LogP contribution >= 0.6 is 15.9 Å². The molecule has 12 heteroatoms. The van der Waals surface area contributed by atoms with Crippen molar-refractivity contribution >= 4 is 55.1 Å². The molecule has 0 aliphatic carbocycles. The molecule has 9 nitrogen and oxygen atoms in total. The number of benzene rings is 3. The van der Waals surface area contributed by atoms with E-state index in [1.165, 1.54) is 18.3 Å². The minimum Gasteiger partial charge on any atom is -0.308 e. The third-order valence-electron chi connectivity index (χ3n) is 5.09. The summed E-state index contributed by atoms with van der Waals surface area (Å²) < 4.78 is 38.4. The lowest BCUT2D eigenvalue weighted by atomic mass is 10.1. The quantitative estimate of drug-likeness (QED) is 0.247. The molecule has 0 aliphatic heterocycles. The predicted octanol–water partition coefficient (Wildman–Crippen LogP) is 5.19. The molecule has 0 saturated heterocycles. The number of pyridine rings is 1. The first kappa shape index (κ1) is 25.9. The maximum absolute atomic E-state index is 13.9. The molecule has 1 aromatic heterocycles. The number of carbonyl (C=O) groups excluding carboxylic acids is 2. The van der Waals surface area contributed by atoms with Gasteiger partial charge in [0.05, 0.1) is 16.1 Å². The summed E-state index contributed by atoms with van der Waals surface area (Å²) in [4.78, 5) is 29.4. The first-order chi connectivity index (χ1) is 17.6. The lowest BCUT2D eigenvalue weighted by Crippen LogP contribution is -2.22. The molecule has 37 heavy (non-hydrogen) atoms. The number of primary sulfonamides is 1. The summed E-state index contributed by atoms with van der Waals surface area (Å²) in [5.74, 6) is -1.07. The van der Waals surface area contributed by atoms with E-state index in [0.29, 0.717) is 16.8 Å². The van der Waals surface area contributed by atoms with Crippen molar-refractivity contribution in [1.82, 2.24) is 4.98 Å². The van der Waals surface area contributed by atoms with Crippen molar-refractivity contribution in [2.24, 2.45) is 5.14 Å².